The maximum atomic E-state index is 13.4. The van der Waals surface area contributed by atoms with Crippen molar-refractivity contribution in [2.45, 2.75) is 25.3 Å². The fourth-order valence-electron chi connectivity index (χ4n) is 2.77. The Morgan fingerprint density at radius 1 is 1.47 bits per heavy atom. The van der Waals surface area contributed by atoms with Crippen molar-refractivity contribution in [3.05, 3.63) is 42.0 Å². The first-order valence-electron chi connectivity index (χ1n) is 6.74. The highest BCUT2D eigenvalue weighted by Crippen LogP contribution is 2.26. The van der Waals surface area contributed by atoms with Crippen molar-refractivity contribution >= 4 is 0 Å². The molecule has 1 N–H and O–H groups in total. The number of aromatic nitrogens is 2. The van der Waals surface area contributed by atoms with Gasteiger partial charge >= 0.3 is 0 Å². The van der Waals surface area contributed by atoms with Crippen LogP contribution >= 0.6 is 0 Å². The first-order valence-corrected chi connectivity index (χ1v) is 6.74. The quantitative estimate of drug-likeness (QED) is 0.918. The van der Waals surface area contributed by atoms with Gasteiger partial charge in [-0.25, -0.2) is 4.39 Å². The second-order valence-corrected chi connectivity index (χ2v) is 5.14. The standard InChI is InChI=1S/C15H18FN3/c1-19-15(9-13-6-3-7-17-13)14(10-18-19)11-4-2-5-12(16)8-11/h2,4-5,8,10,13,17H,3,6-7,9H2,1H3. The van der Waals surface area contributed by atoms with Crippen LogP contribution in [0.3, 0.4) is 0 Å². The molecule has 1 fully saturated rings. The van der Waals surface area contributed by atoms with Crippen molar-refractivity contribution in [1.82, 2.24) is 15.1 Å². The normalized spacial score (nSPS) is 18.9. The summed E-state index contributed by atoms with van der Waals surface area (Å²) in [6.07, 6.45) is 5.22. The van der Waals surface area contributed by atoms with E-state index in [2.05, 4.69) is 10.4 Å². The van der Waals surface area contributed by atoms with Crippen LogP contribution in [0.15, 0.2) is 30.5 Å². The molecule has 2 heterocycles. The van der Waals surface area contributed by atoms with E-state index in [-0.39, 0.29) is 5.82 Å². The van der Waals surface area contributed by atoms with Gasteiger partial charge in [-0.05, 0) is 37.1 Å². The second kappa shape index (κ2) is 5.13. The molecule has 0 radical (unpaired) electrons. The zero-order valence-corrected chi connectivity index (χ0v) is 11.1. The number of rotatable bonds is 3. The zero-order chi connectivity index (χ0) is 13.2. The molecule has 1 saturated heterocycles. The SMILES string of the molecule is Cn1ncc(-c2cccc(F)c2)c1CC1CCCN1. The molecule has 1 aliphatic heterocycles. The summed E-state index contributed by atoms with van der Waals surface area (Å²) in [5.74, 6) is -0.203. The largest absolute Gasteiger partial charge is 0.314 e. The number of hydrogen-bond acceptors (Lipinski definition) is 2. The zero-order valence-electron chi connectivity index (χ0n) is 11.1. The summed E-state index contributed by atoms with van der Waals surface area (Å²) in [6, 6.07) is 7.24. The molecule has 1 unspecified atom stereocenters. The summed E-state index contributed by atoms with van der Waals surface area (Å²) in [7, 11) is 1.95. The lowest BCUT2D eigenvalue weighted by Gasteiger charge is -2.12. The molecule has 0 spiro atoms. The second-order valence-electron chi connectivity index (χ2n) is 5.14. The van der Waals surface area contributed by atoms with Crippen LogP contribution in [0.2, 0.25) is 0 Å². The molecule has 0 saturated carbocycles. The highest BCUT2D eigenvalue weighted by Gasteiger charge is 2.19. The van der Waals surface area contributed by atoms with Crippen molar-refractivity contribution in [1.29, 1.82) is 0 Å². The highest BCUT2D eigenvalue weighted by atomic mass is 19.1. The summed E-state index contributed by atoms with van der Waals surface area (Å²) in [4.78, 5) is 0. The molecule has 100 valence electrons. The van der Waals surface area contributed by atoms with Crippen LogP contribution in [-0.2, 0) is 13.5 Å². The van der Waals surface area contributed by atoms with Crippen molar-refractivity contribution < 1.29 is 4.39 Å². The Morgan fingerprint density at radius 2 is 2.37 bits per heavy atom. The van der Waals surface area contributed by atoms with E-state index in [1.54, 1.807) is 12.1 Å². The summed E-state index contributed by atoms with van der Waals surface area (Å²) in [5, 5.41) is 7.83. The predicted octanol–water partition coefficient (Wildman–Crippen LogP) is 2.52. The van der Waals surface area contributed by atoms with Gasteiger partial charge in [-0.15, -0.1) is 0 Å². The number of aryl methyl sites for hydroxylation is 1. The van der Waals surface area contributed by atoms with E-state index in [9.17, 15) is 4.39 Å². The molecule has 0 bridgehead atoms. The highest BCUT2D eigenvalue weighted by molar-refractivity contribution is 5.65. The van der Waals surface area contributed by atoms with Crippen LogP contribution in [0.5, 0.6) is 0 Å². The van der Waals surface area contributed by atoms with E-state index in [1.165, 1.54) is 24.6 Å². The molecule has 3 rings (SSSR count). The van der Waals surface area contributed by atoms with Crippen LogP contribution in [0, 0.1) is 5.82 Å². The number of nitrogens with one attached hydrogen (secondary N) is 1. The molecular formula is C15H18FN3. The smallest absolute Gasteiger partial charge is 0.123 e. The maximum absolute atomic E-state index is 13.4. The summed E-state index contributed by atoms with van der Waals surface area (Å²) in [5.41, 5.74) is 3.11. The fourth-order valence-corrected chi connectivity index (χ4v) is 2.77. The van der Waals surface area contributed by atoms with Gasteiger partial charge in [0.2, 0.25) is 0 Å². The molecule has 1 aromatic carbocycles. The van der Waals surface area contributed by atoms with Gasteiger partial charge in [0.15, 0.2) is 0 Å². The molecule has 2 aromatic rings. The monoisotopic (exact) mass is 259 g/mol. The molecule has 1 aliphatic rings. The van der Waals surface area contributed by atoms with E-state index in [1.807, 2.05) is 24.0 Å². The van der Waals surface area contributed by atoms with Crippen molar-refractivity contribution in [2.75, 3.05) is 6.54 Å². The molecule has 0 amide bonds. The molecule has 4 heteroatoms. The van der Waals surface area contributed by atoms with Crippen molar-refractivity contribution in [3.8, 4) is 11.1 Å². The summed E-state index contributed by atoms with van der Waals surface area (Å²) < 4.78 is 15.3. The lowest BCUT2D eigenvalue weighted by molar-refractivity contribution is 0.571. The Morgan fingerprint density at radius 3 is 3.11 bits per heavy atom. The van der Waals surface area contributed by atoms with Gasteiger partial charge in [0.25, 0.3) is 0 Å². The maximum Gasteiger partial charge on any atom is 0.123 e. The third kappa shape index (κ3) is 2.54. The molecule has 1 atom stereocenters. The number of benzene rings is 1. The van der Waals surface area contributed by atoms with Crippen molar-refractivity contribution in [3.63, 3.8) is 0 Å². The van der Waals surface area contributed by atoms with Gasteiger partial charge in [0, 0.05) is 30.8 Å². The first-order chi connectivity index (χ1) is 9.24. The van der Waals surface area contributed by atoms with E-state index in [4.69, 9.17) is 0 Å². The molecular weight excluding hydrogens is 241 g/mol. The average Bonchev–Trinajstić information content (AvgIpc) is 3.01. The Bertz CT molecular complexity index is 571. The predicted molar refractivity (Wildman–Crippen MR) is 73.3 cm³/mol. The van der Waals surface area contributed by atoms with Crippen LogP contribution in [-0.4, -0.2) is 22.4 Å². The summed E-state index contributed by atoms with van der Waals surface area (Å²) >= 11 is 0. The lowest BCUT2D eigenvalue weighted by Crippen LogP contribution is -2.25. The fraction of sp³-hybridized carbons (Fsp3) is 0.400. The van der Waals surface area contributed by atoms with Gasteiger partial charge in [-0.1, -0.05) is 12.1 Å². The van der Waals surface area contributed by atoms with Crippen LogP contribution in [0.25, 0.3) is 11.1 Å². The van der Waals surface area contributed by atoms with E-state index in [0.717, 1.165) is 24.1 Å². The third-order valence-electron chi connectivity index (χ3n) is 3.80. The third-order valence-corrected chi connectivity index (χ3v) is 3.80. The number of hydrogen-bond donors (Lipinski definition) is 1. The van der Waals surface area contributed by atoms with Crippen LogP contribution < -0.4 is 5.32 Å². The van der Waals surface area contributed by atoms with Gasteiger partial charge in [0.05, 0.1) is 6.20 Å². The minimum atomic E-state index is -0.203. The minimum absolute atomic E-state index is 0.203. The van der Waals surface area contributed by atoms with E-state index < -0.39 is 0 Å². The van der Waals surface area contributed by atoms with Crippen molar-refractivity contribution in [2.24, 2.45) is 7.05 Å². The number of nitrogens with zero attached hydrogens (tertiary/aromatic N) is 2. The van der Waals surface area contributed by atoms with E-state index >= 15 is 0 Å². The first kappa shape index (κ1) is 12.4. The molecule has 3 nitrogen and oxygen atoms in total. The lowest BCUT2D eigenvalue weighted by atomic mass is 10.0. The van der Waals surface area contributed by atoms with Gasteiger partial charge in [0.1, 0.15) is 5.82 Å². The summed E-state index contributed by atoms with van der Waals surface area (Å²) in [6.45, 7) is 1.10. The van der Waals surface area contributed by atoms with Gasteiger partial charge in [-0.2, -0.15) is 5.10 Å². The Kier molecular flexibility index (Phi) is 3.34. The van der Waals surface area contributed by atoms with Gasteiger partial charge < -0.3 is 5.32 Å². The molecule has 0 aliphatic carbocycles. The Labute approximate surface area is 112 Å². The average molecular weight is 259 g/mol. The molecule has 1 aromatic heterocycles. The Balaban J connectivity index is 1.93. The van der Waals surface area contributed by atoms with Crippen LogP contribution in [0.1, 0.15) is 18.5 Å². The number of halogens is 1. The minimum Gasteiger partial charge on any atom is -0.314 e. The Hall–Kier alpha value is -1.68. The topological polar surface area (TPSA) is 29.9 Å². The van der Waals surface area contributed by atoms with E-state index in [0.29, 0.717) is 6.04 Å². The van der Waals surface area contributed by atoms with Gasteiger partial charge in [-0.3, -0.25) is 4.68 Å². The van der Waals surface area contributed by atoms with Crippen LogP contribution in [0.4, 0.5) is 4.39 Å². The molecule has 19 heavy (non-hydrogen) atoms.